The monoisotopic (exact) mass is 369 g/mol. The molecule has 138 valence electrons. The molecule has 1 aromatic rings. The summed E-state index contributed by atoms with van der Waals surface area (Å²) in [6.45, 7) is 4.73. The molecule has 0 aromatic heterocycles. The number of aliphatic carboxylic acids is 1. The topological polar surface area (TPSA) is 90.9 Å². The highest BCUT2D eigenvalue weighted by atomic mass is 35.5. The zero-order chi connectivity index (χ0) is 18.1. The maximum Gasteiger partial charge on any atom is 0.321 e. The molecule has 1 heterocycles. The lowest BCUT2D eigenvalue weighted by Crippen LogP contribution is -2.42. The summed E-state index contributed by atoms with van der Waals surface area (Å²) in [5, 5.41) is 15.4. The van der Waals surface area contributed by atoms with E-state index < -0.39 is 12.0 Å². The Morgan fingerprint density at radius 1 is 1.32 bits per heavy atom. The van der Waals surface area contributed by atoms with Gasteiger partial charge in [0.2, 0.25) is 5.91 Å². The normalized spacial score (nSPS) is 16.4. The summed E-state index contributed by atoms with van der Waals surface area (Å²) in [6.07, 6.45) is 0.680. The van der Waals surface area contributed by atoms with Gasteiger partial charge in [0.25, 0.3) is 0 Å². The van der Waals surface area contributed by atoms with E-state index in [9.17, 15) is 14.7 Å². The van der Waals surface area contributed by atoms with Crippen LogP contribution < -0.4 is 10.6 Å². The summed E-state index contributed by atoms with van der Waals surface area (Å²) in [6, 6.07) is 5.83. The van der Waals surface area contributed by atoms with E-state index in [1.807, 2.05) is 0 Å². The molecule has 0 saturated carbocycles. The first-order chi connectivity index (χ1) is 12.0. The number of carbonyl (C=O) groups is 2. The van der Waals surface area contributed by atoms with E-state index in [4.69, 9.17) is 16.3 Å². The molecule has 3 N–H and O–H groups in total. The van der Waals surface area contributed by atoms with Crippen LogP contribution in [-0.4, -0.2) is 67.3 Å². The van der Waals surface area contributed by atoms with E-state index >= 15 is 0 Å². The molecule has 0 spiro atoms. The molecule has 0 bridgehead atoms. The van der Waals surface area contributed by atoms with Crippen LogP contribution in [-0.2, 0) is 14.3 Å². The molecular formula is C17H24ClN3O4. The lowest BCUT2D eigenvalue weighted by molar-refractivity contribution is -0.141. The van der Waals surface area contributed by atoms with Crippen LogP contribution in [0.3, 0.4) is 0 Å². The van der Waals surface area contributed by atoms with E-state index in [-0.39, 0.29) is 12.3 Å². The van der Waals surface area contributed by atoms with Gasteiger partial charge in [0, 0.05) is 23.8 Å². The van der Waals surface area contributed by atoms with Gasteiger partial charge >= 0.3 is 5.97 Å². The second-order valence-corrected chi connectivity index (χ2v) is 6.35. The van der Waals surface area contributed by atoms with Crippen molar-refractivity contribution in [3.8, 4) is 0 Å². The van der Waals surface area contributed by atoms with Crippen molar-refractivity contribution in [2.45, 2.75) is 18.9 Å². The minimum atomic E-state index is -1.03. The Kier molecular flexibility index (Phi) is 8.14. The summed E-state index contributed by atoms with van der Waals surface area (Å²) < 4.78 is 5.29. The van der Waals surface area contributed by atoms with Gasteiger partial charge in [0.1, 0.15) is 6.04 Å². The number of carboxylic acid groups (broad SMARTS) is 1. The molecule has 0 radical (unpaired) electrons. The van der Waals surface area contributed by atoms with Crippen LogP contribution in [0, 0.1) is 0 Å². The van der Waals surface area contributed by atoms with Gasteiger partial charge < -0.3 is 20.5 Å². The highest BCUT2D eigenvalue weighted by molar-refractivity contribution is 6.30. The first-order valence-corrected chi connectivity index (χ1v) is 8.74. The number of carboxylic acids is 1. The number of nitrogens with one attached hydrogen (secondary N) is 2. The lowest BCUT2D eigenvalue weighted by Gasteiger charge is -2.26. The Labute approximate surface area is 152 Å². The third-order valence-electron chi connectivity index (χ3n) is 3.94. The number of amides is 1. The second kappa shape index (κ2) is 10.4. The molecule has 7 nitrogen and oxygen atoms in total. The fraction of sp³-hybridized carbons (Fsp3) is 0.529. The maximum atomic E-state index is 12.0. The molecule has 8 heteroatoms. The Hall–Kier alpha value is -1.67. The first kappa shape index (κ1) is 19.7. The summed E-state index contributed by atoms with van der Waals surface area (Å²) in [4.78, 5) is 25.7. The molecule has 1 amide bonds. The van der Waals surface area contributed by atoms with Gasteiger partial charge in [0.15, 0.2) is 0 Å². The molecule has 0 aliphatic carbocycles. The highest BCUT2D eigenvalue weighted by Gasteiger charge is 2.20. The maximum absolute atomic E-state index is 12.0. The van der Waals surface area contributed by atoms with Crippen LogP contribution in [0.25, 0.3) is 0 Å². The molecule has 0 unspecified atom stereocenters. The number of hydrogen-bond acceptors (Lipinski definition) is 5. The van der Waals surface area contributed by atoms with E-state index in [0.717, 1.165) is 39.3 Å². The molecular weight excluding hydrogens is 346 g/mol. The summed E-state index contributed by atoms with van der Waals surface area (Å²) in [5.41, 5.74) is 0.550. The van der Waals surface area contributed by atoms with Crippen molar-refractivity contribution in [3.05, 3.63) is 29.3 Å². The molecule has 1 aromatic carbocycles. The van der Waals surface area contributed by atoms with Gasteiger partial charge in [0.05, 0.1) is 19.6 Å². The van der Waals surface area contributed by atoms with Crippen LogP contribution in [0.2, 0.25) is 5.02 Å². The SMILES string of the molecule is O=C(C[C@@H](NCCCN1CCOCC1)C(=O)O)Nc1cccc(Cl)c1. The number of hydrogen-bond donors (Lipinski definition) is 3. The standard InChI is InChI=1S/C17H24ClN3O4/c18-13-3-1-4-14(11-13)20-16(22)12-15(17(23)24)19-5-2-6-21-7-9-25-10-8-21/h1,3-4,11,15,19H,2,5-10,12H2,(H,20,22)(H,23,24)/t15-/m1/s1. The number of anilines is 1. The number of nitrogens with zero attached hydrogens (tertiary/aromatic N) is 1. The molecule has 1 saturated heterocycles. The van der Waals surface area contributed by atoms with E-state index in [0.29, 0.717) is 17.3 Å². The number of ether oxygens (including phenoxy) is 1. The summed E-state index contributed by atoms with van der Waals surface area (Å²) >= 11 is 5.86. The van der Waals surface area contributed by atoms with Crippen molar-refractivity contribution >= 4 is 29.2 Å². The molecule has 2 rings (SSSR count). The lowest BCUT2D eigenvalue weighted by atomic mass is 10.2. The number of halogens is 1. The minimum Gasteiger partial charge on any atom is -0.480 e. The third-order valence-corrected chi connectivity index (χ3v) is 4.18. The van der Waals surface area contributed by atoms with Crippen molar-refractivity contribution in [2.75, 3.05) is 44.7 Å². The van der Waals surface area contributed by atoms with Crippen molar-refractivity contribution in [1.29, 1.82) is 0 Å². The quantitative estimate of drug-likeness (QED) is 0.570. The Morgan fingerprint density at radius 2 is 2.08 bits per heavy atom. The molecule has 1 aliphatic heterocycles. The van der Waals surface area contributed by atoms with Crippen molar-refractivity contribution < 1.29 is 19.4 Å². The largest absolute Gasteiger partial charge is 0.480 e. The number of benzene rings is 1. The predicted octanol–water partition coefficient (Wildman–Crippen LogP) is 1.43. The fourth-order valence-corrected chi connectivity index (χ4v) is 2.80. The number of morpholine rings is 1. The van der Waals surface area contributed by atoms with Gasteiger partial charge in [-0.1, -0.05) is 17.7 Å². The molecule has 1 fully saturated rings. The fourth-order valence-electron chi connectivity index (χ4n) is 2.61. The zero-order valence-corrected chi connectivity index (χ0v) is 14.8. The first-order valence-electron chi connectivity index (χ1n) is 8.36. The summed E-state index contributed by atoms with van der Waals surface area (Å²) in [7, 11) is 0. The van der Waals surface area contributed by atoms with Gasteiger partial charge in [-0.05, 0) is 37.7 Å². The van der Waals surface area contributed by atoms with Crippen molar-refractivity contribution in [1.82, 2.24) is 10.2 Å². The Bertz CT molecular complexity index is 579. The minimum absolute atomic E-state index is 0.139. The Balaban J connectivity index is 1.71. The van der Waals surface area contributed by atoms with Gasteiger partial charge in [-0.3, -0.25) is 14.5 Å². The number of rotatable bonds is 9. The van der Waals surface area contributed by atoms with Crippen molar-refractivity contribution in [3.63, 3.8) is 0 Å². The van der Waals surface area contributed by atoms with Crippen LogP contribution >= 0.6 is 11.6 Å². The van der Waals surface area contributed by atoms with Crippen LogP contribution in [0.5, 0.6) is 0 Å². The van der Waals surface area contributed by atoms with E-state index in [2.05, 4.69) is 15.5 Å². The smallest absolute Gasteiger partial charge is 0.321 e. The van der Waals surface area contributed by atoms with Gasteiger partial charge in [-0.2, -0.15) is 0 Å². The van der Waals surface area contributed by atoms with Crippen LogP contribution in [0.15, 0.2) is 24.3 Å². The second-order valence-electron chi connectivity index (χ2n) is 5.92. The average Bonchev–Trinajstić information content (AvgIpc) is 2.58. The van der Waals surface area contributed by atoms with E-state index in [1.165, 1.54) is 0 Å². The molecule has 1 atom stereocenters. The third kappa shape index (κ3) is 7.39. The van der Waals surface area contributed by atoms with Crippen molar-refractivity contribution in [2.24, 2.45) is 0 Å². The van der Waals surface area contributed by atoms with E-state index in [1.54, 1.807) is 24.3 Å². The average molecular weight is 370 g/mol. The number of carbonyl (C=O) groups excluding carboxylic acids is 1. The van der Waals surface area contributed by atoms with Gasteiger partial charge in [-0.15, -0.1) is 0 Å². The van der Waals surface area contributed by atoms with Crippen LogP contribution in [0.1, 0.15) is 12.8 Å². The zero-order valence-electron chi connectivity index (χ0n) is 14.0. The Morgan fingerprint density at radius 3 is 2.76 bits per heavy atom. The van der Waals surface area contributed by atoms with Crippen LogP contribution in [0.4, 0.5) is 5.69 Å². The molecule has 25 heavy (non-hydrogen) atoms. The molecule has 1 aliphatic rings. The van der Waals surface area contributed by atoms with Gasteiger partial charge in [-0.25, -0.2) is 0 Å². The predicted molar refractivity (Wildman–Crippen MR) is 96.0 cm³/mol. The highest BCUT2D eigenvalue weighted by Crippen LogP contribution is 2.15. The summed E-state index contributed by atoms with van der Waals surface area (Å²) in [5.74, 6) is -1.40.